The van der Waals surface area contributed by atoms with Gasteiger partial charge in [-0.05, 0) is 42.4 Å². The number of benzene rings is 2. The minimum absolute atomic E-state index is 0.756. The average molecular weight is 286 g/mol. The van der Waals surface area contributed by atoms with E-state index in [0.717, 1.165) is 34.8 Å². The van der Waals surface area contributed by atoms with Gasteiger partial charge in [-0.3, -0.25) is 4.57 Å². The fourth-order valence-electron chi connectivity index (χ4n) is 2.34. The SMILES string of the molecule is CCNCc1cc(Cl)ccc1-n1cnc2ccccc21. The van der Waals surface area contributed by atoms with Gasteiger partial charge in [-0.15, -0.1) is 0 Å². The van der Waals surface area contributed by atoms with E-state index in [1.165, 1.54) is 5.56 Å². The number of nitrogens with zero attached hydrogens (tertiary/aromatic N) is 2. The van der Waals surface area contributed by atoms with Crippen LogP contribution in [0.25, 0.3) is 16.7 Å². The Hall–Kier alpha value is -1.84. The van der Waals surface area contributed by atoms with Crippen molar-refractivity contribution in [2.24, 2.45) is 0 Å². The molecule has 1 heterocycles. The third-order valence-corrected chi connectivity index (χ3v) is 3.56. The molecule has 1 aromatic heterocycles. The van der Waals surface area contributed by atoms with Crippen LogP contribution < -0.4 is 5.32 Å². The molecule has 4 heteroatoms. The van der Waals surface area contributed by atoms with Gasteiger partial charge in [-0.1, -0.05) is 30.7 Å². The van der Waals surface area contributed by atoms with E-state index < -0.39 is 0 Å². The molecular formula is C16H16ClN3. The first-order valence-electron chi connectivity index (χ1n) is 6.71. The van der Waals surface area contributed by atoms with Crippen molar-refractivity contribution in [1.29, 1.82) is 0 Å². The number of halogens is 1. The zero-order valence-corrected chi connectivity index (χ0v) is 12.1. The second kappa shape index (κ2) is 5.65. The molecular weight excluding hydrogens is 270 g/mol. The summed E-state index contributed by atoms with van der Waals surface area (Å²) in [5.74, 6) is 0. The predicted molar refractivity (Wildman–Crippen MR) is 83.5 cm³/mol. The number of nitrogens with one attached hydrogen (secondary N) is 1. The van der Waals surface area contributed by atoms with Crippen molar-refractivity contribution in [2.75, 3.05) is 6.54 Å². The molecule has 0 spiro atoms. The molecule has 3 rings (SSSR count). The van der Waals surface area contributed by atoms with Crippen molar-refractivity contribution in [1.82, 2.24) is 14.9 Å². The van der Waals surface area contributed by atoms with E-state index in [1.807, 2.05) is 42.7 Å². The average Bonchev–Trinajstić information content (AvgIpc) is 2.89. The van der Waals surface area contributed by atoms with Gasteiger partial charge in [0.15, 0.2) is 0 Å². The quantitative estimate of drug-likeness (QED) is 0.790. The van der Waals surface area contributed by atoms with E-state index >= 15 is 0 Å². The van der Waals surface area contributed by atoms with E-state index in [4.69, 9.17) is 11.6 Å². The molecule has 0 saturated heterocycles. The molecule has 0 atom stereocenters. The summed E-state index contributed by atoms with van der Waals surface area (Å²) in [6.45, 7) is 3.81. The van der Waals surface area contributed by atoms with Gasteiger partial charge in [-0.2, -0.15) is 0 Å². The van der Waals surface area contributed by atoms with Crippen molar-refractivity contribution in [3.63, 3.8) is 0 Å². The first-order chi connectivity index (χ1) is 9.79. The minimum Gasteiger partial charge on any atom is -0.313 e. The normalized spacial score (nSPS) is 11.1. The first-order valence-corrected chi connectivity index (χ1v) is 7.09. The number of para-hydroxylation sites is 2. The smallest absolute Gasteiger partial charge is 0.100 e. The topological polar surface area (TPSA) is 29.9 Å². The second-order valence-corrected chi connectivity index (χ2v) is 5.09. The summed E-state index contributed by atoms with van der Waals surface area (Å²) in [5.41, 5.74) is 4.39. The molecule has 2 aromatic carbocycles. The van der Waals surface area contributed by atoms with Crippen LogP contribution in [0.3, 0.4) is 0 Å². The van der Waals surface area contributed by atoms with Crippen molar-refractivity contribution in [3.8, 4) is 5.69 Å². The van der Waals surface area contributed by atoms with E-state index in [2.05, 4.69) is 27.9 Å². The highest BCUT2D eigenvalue weighted by atomic mass is 35.5. The monoisotopic (exact) mass is 285 g/mol. The molecule has 0 aliphatic carbocycles. The zero-order chi connectivity index (χ0) is 13.9. The Morgan fingerprint density at radius 1 is 1.20 bits per heavy atom. The number of hydrogen-bond acceptors (Lipinski definition) is 2. The number of fused-ring (bicyclic) bond motifs is 1. The molecule has 0 bridgehead atoms. The molecule has 0 saturated carbocycles. The summed E-state index contributed by atoms with van der Waals surface area (Å²) in [6.07, 6.45) is 1.86. The van der Waals surface area contributed by atoms with Crippen LogP contribution in [0.1, 0.15) is 12.5 Å². The van der Waals surface area contributed by atoms with Gasteiger partial charge in [0.05, 0.1) is 16.7 Å². The lowest BCUT2D eigenvalue weighted by Gasteiger charge is -2.12. The number of rotatable bonds is 4. The van der Waals surface area contributed by atoms with Crippen molar-refractivity contribution in [2.45, 2.75) is 13.5 Å². The Morgan fingerprint density at radius 3 is 2.90 bits per heavy atom. The molecule has 0 aliphatic heterocycles. The van der Waals surface area contributed by atoms with Gasteiger partial charge < -0.3 is 5.32 Å². The maximum atomic E-state index is 6.12. The van der Waals surface area contributed by atoms with Gasteiger partial charge in [0.1, 0.15) is 6.33 Å². The molecule has 3 aromatic rings. The minimum atomic E-state index is 0.756. The molecule has 0 amide bonds. The van der Waals surface area contributed by atoms with Gasteiger partial charge in [0.2, 0.25) is 0 Å². The Bertz CT molecular complexity index is 733. The van der Waals surface area contributed by atoms with E-state index in [1.54, 1.807) is 0 Å². The lowest BCUT2D eigenvalue weighted by Crippen LogP contribution is -2.13. The lowest BCUT2D eigenvalue weighted by molar-refractivity contribution is 0.723. The standard InChI is InChI=1S/C16H16ClN3/c1-2-18-10-12-9-13(17)7-8-15(12)20-11-19-14-5-3-4-6-16(14)20/h3-9,11,18H,2,10H2,1H3. The maximum absolute atomic E-state index is 6.12. The van der Waals surface area contributed by atoms with Crippen molar-refractivity contribution >= 4 is 22.6 Å². The Labute approximate surface area is 123 Å². The highest BCUT2D eigenvalue weighted by Gasteiger charge is 2.09. The molecule has 20 heavy (non-hydrogen) atoms. The third kappa shape index (κ3) is 2.42. The highest BCUT2D eigenvalue weighted by Crippen LogP contribution is 2.23. The Kier molecular flexibility index (Phi) is 3.72. The van der Waals surface area contributed by atoms with Crippen LogP contribution >= 0.6 is 11.6 Å². The van der Waals surface area contributed by atoms with Crippen LogP contribution in [0, 0.1) is 0 Å². The summed E-state index contributed by atoms with van der Waals surface area (Å²) in [4.78, 5) is 4.45. The molecule has 0 radical (unpaired) electrons. The van der Waals surface area contributed by atoms with Gasteiger partial charge in [0.25, 0.3) is 0 Å². The fourth-order valence-corrected chi connectivity index (χ4v) is 2.54. The summed E-state index contributed by atoms with van der Waals surface area (Å²) in [5, 5.41) is 4.11. The third-order valence-electron chi connectivity index (χ3n) is 3.32. The fraction of sp³-hybridized carbons (Fsp3) is 0.188. The van der Waals surface area contributed by atoms with Crippen LogP contribution in [-0.4, -0.2) is 16.1 Å². The van der Waals surface area contributed by atoms with E-state index in [9.17, 15) is 0 Å². The van der Waals surface area contributed by atoms with Crippen LogP contribution in [-0.2, 0) is 6.54 Å². The summed E-state index contributed by atoms with van der Waals surface area (Å²) >= 11 is 6.12. The van der Waals surface area contributed by atoms with Gasteiger partial charge >= 0.3 is 0 Å². The lowest BCUT2D eigenvalue weighted by atomic mass is 10.1. The highest BCUT2D eigenvalue weighted by molar-refractivity contribution is 6.30. The number of hydrogen-bond donors (Lipinski definition) is 1. The van der Waals surface area contributed by atoms with Crippen LogP contribution in [0.4, 0.5) is 0 Å². The molecule has 1 N–H and O–H groups in total. The molecule has 3 nitrogen and oxygen atoms in total. The van der Waals surface area contributed by atoms with E-state index in [-0.39, 0.29) is 0 Å². The largest absolute Gasteiger partial charge is 0.313 e. The van der Waals surface area contributed by atoms with Gasteiger partial charge in [-0.25, -0.2) is 4.98 Å². The molecule has 0 fully saturated rings. The summed E-state index contributed by atoms with van der Waals surface area (Å²) in [7, 11) is 0. The summed E-state index contributed by atoms with van der Waals surface area (Å²) < 4.78 is 2.11. The van der Waals surface area contributed by atoms with Crippen LogP contribution in [0.15, 0.2) is 48.8 Å². The Balaban J connectivity index is 2.13. The van der Waals surface area contributed by atoms with Crippen molar-refractivity contribution < 1.29 is 0 Å². The first kappa shape index (κ1) is 13.2. The number of imidazole rings is 1. The van der Waals surface area contributed by atoms with Crippen LogP contribution in [0.5, 0.6) is 0 Å². The molecule has 0 unspecified atom stereocenters. The zero-order valence-electron chi connectivity index (χ0n) is 11.3. The molecule has 0 aliphatic rings. The number of aromatic nitrogens is 2. The van der Waals surface area contributed by atoms with E-state index in [0.29, 0.717) is 0 Å². The predicted octanol–water partition coefficient (Wildman–Crippen LogP) is 3.79. The summed E-state index contributed by atoms with van der Waals surface area (Å²) in [6, 6.07) is 14.1. The second-order valence-electron chi connectivity index (χ2n) is 4.66. The maximum Gasteiger partial charge on any atom is 0.100 e. The van der Waals surface area contributed by atoms with Gasteiger partial charge in [0, 0.05) is 11.6 Å². The Morgan fingerprint density at radius 2 is 2.05 bits per heavy atom. The van der Waals surface area contributed by atoms with Crippen LogP contribution in [0.2, 0.25) is 5.02 Å². The van der Waals surface area contributed by atoms with Crippen molar-refractivity contribution in [3.05, 3.63) is 59.4 Å². The molecule has 102 valence electrons.